The van der Waals surface area contributed by atoms with Gasteiger partial charge in [0.25, 0.3) is 0 Å². The summed E-state index contributed by atoms with van der Waals surface area (Å²) in [5.41, 5.74) is 5.73. The highest BCUT2D eigenvalue weighted by Crippen LogP contribution is 2.41. The van der Waals surface area contributed by atoms with Crippen LogP contribution >= 0.6 is 23.2 Å². The van der Waals surface area contributed by atoms with Crippen LogP contribution in [0.4, 0.5) is 5.69 Å². The van der Waals surface area contributed by atoms with E-state index in [1.165, 1.54) is 0 Å². The van der Waals surface area contributed by atoms with E-state index in [0.717, 1.165) is 66.0 Å². The van der Waals surface area contributed by atoms with Crippen molar-refractivity contribution in [3.8, 4) is 28.3 Å². The number of nitriles is 1. The van der Waals surface area contributed by atoms with Crippen LogP contribution in [0.15, 0.2) is 54.9 Å². The van der Waals surface area contributed by atoms with Crippen LogP contribution in [0.5, 0.6) is 0 Å². The molecule has 1 saturated heterocycles. The number of nitrogens with zero attached hydrogens (tertiary/aromatic N) is 3. The third-order valence-corrected chi connectivity index (χ3v) is 7.03. The molecule has 0 saturated carbocycles. The number of piperidine rings is 1. The molecule has 2 aromatic carbocycles. The van der Waals surface area contributed by atoms with Gasteiger partial charge in [0.15, 0.2) is 0 Å². The summed E-state index contributed by atoms with van der Waals surface area (Å²) in [5, 5.41) is 14.3. The minimum absolute atomic E-state index is 0.535. The first-order valence-corrected chi connectivity index (χ1v) is 12.5. The molecule has 0 spiro atoms. The summed E-state index contributed by atoms with van der Waals surface area (Å²) >= 11 is 12.7. The van der Waals surface area contributed by atoms with E-state index in [2.05, 4.69) is 40.3 Å². The Morgan fingerprint density at radius 2 is 1.59 bits per heavy atom. The predicted molar refractivity (Wildman–Crippen MR) is 143 cm³/mol. The molecule has 0 unspecified atom stereocenters. The van der Waals surface area contributed by atoms with Crippen LogP contribution in [0.1, 0.15) is 39.2 Å². The molecule has 0 radical (unpaired) electrons. The van der Waals surface area contributed by atoms with Crippen molar-refractivity contribution < 1.29 is 0 Å². The minimum Gasteiger partial charge on any atom is -0.370 e. The van der Waals surface area contributed by atoms with Gasteiger partial charge in [0.2, 0.25) is 0 Å². The van der Waals surface area contributed by atoms with Crippen LogP contribution in [0.2, 0.25) is 10.0 Å². The summed E-state index contributed by atoms with van der Waals surface area (Å²) in [6, 6.07) is 16.8. The third-order valence-electron chi connectivity index (χ3n) is 6.59. The molecular formula is C28H30Cl2N4. The summed E-state index contributed by atoms with van der Waals surface area (Å²) in [7, 11) is 0. The molecule has 1 N–H and O–H groups in total. The van der Waals surface area contributed by atoms with Gasteiger partial charge in [-0.2, -0.15) is 5.26 Å². The molecule has 4 rings (SSSR count). The molecule has 176 valence electrons. The Balaban J connectivity index is 1.81. The lowest BCUT2D eigenvalue weighted by Crippen LogP contribution is -2.42. The van der Waals surface area contributed by atoms with Crippen molar-refractivity contribution in [2.24, 2.45) is 0 Å². The molecular weight excluding hydrogens is 463 g/mol. The smallest absolute Gasteiger partial charge is 0.0766 e. The lowest BCUT2D eigenvalue weighted by Gasteiger charge is -2.36. The van der Waals surface area contributed by atoms with Crippen molar-refractivity contribution in [1.82, 2.24) is 10.3 Å². The molecule has 1 aliphatic rings. The van der Waals surface area contributed by atoms with Crippen molar-refractivity contribution >= 4 is 28.9 Å². The average Bonchev–Trinajstić information content (AvgIpc) is 2.84. The van der Waals surface area contributed by atoms with Crippen molar-refractivity contribution in [1.29, 1.82) is 5.26 Å². The van der Waals surface area contributed by atoms with Gasteiger partial charge in [-0.1, -0.05) is 54.4 Å². The topological polar surface area (TPSA) is 52.0 Å². The van der Waals surface area contributed by atoms with Gasteiger partial charge in [0.1, 0.15) is 0 Å². The van der Waals surface area contributed by atoms with E-state index in [9.17, 15) is 5.26 Å². The average molecular weight is 493 g/mol. The number of hydrogen-bond donors (Lipinski definition) is 1. The van der Waals surface area contributed by atoms with Crippen LogP contribution in [0, 0.1) is 11.3 Å². The molecule has 0 amide bonds. The van der Waals surface area contributed by atoms with E-state index in [0.29, 0.717) is 16.1 Å². The fourth-order valence-corrected chi connectivity index (χ4v) is 5.18. The van der Waals surface area contributed by atoms with Gasteiger partial charge < -0.3 is 10.2 Å². The maximum absolute atomic E-state index is 9.52. The Labute approximate surface area is 212 Å². The van der Waals surface area contributed by atoms with Crippen LogP contribution in [-0.4, -0.2) is 30.7 Å². The molecule has 3 aromatic rings. The summed E-state index contributed by atoms with van der Waals surface area (Å²) in [4.78, 5) is 7.07. The third kappa shape index (κ3) is 5.23. The monoisotopic (exact) mass is 492 g/mol. The summed E-state index contributed by atoms with van der Waals surface area (Å²) in [6.07, 6.45) is 6.01. The molecule has 4 nitrogen and oxygen atoms in total. The number of anilines is 1. The first kappa shape index (κ1) is 24.5. The molecule has 6 heteroatoms. The molecule has 0 bridgehead atoms. The Bertz CT molecular complexity index is 1170. The quantitative estimate of drug-likeness (QED) is 0.398. The van der Waals surface area contributed by atoms with Crippen LogP contribution in [0.3, 0.4) is 0 Å². The summed E-state index contributed by atoms with van der Waals surface area (Å²) in [5.74, 6) is 0. The highest BCUT2D eigenvalue weighted by molar-refractivity contribution is 6.35. The van der Waals surface area contributed by atoms with Gasteiger partial charge in [-0.15, -0.1) is 0 Å². The van der Waals surface area contributed by atoms with Crippen molar-refractivity contribution in [2.45, 2.75) is 45.1 Å². The SMILES string of the molecule is CCNC1CCN(c2c(-c3ccc(C(C)(C)C#N)cc3)cncc2-c2cc(Cl)cc(Cl)c2)CC1. The van der Waals surface area contributed by atoms with E-state index in [-0.39, 0.29) is 0 Å². The lowest BCUT2D eigenvalue weighted by molar-refractivity contribution is 0.424. The second-order valence-electron chi connectivity index (χ2n) is 9.37. The van der Waals surface area contributed by atoms with Gasteiger partial charge in [-0.25, -0.2) is 0 Å². The van der Waals surface area contributed by atoms with Crippen molar-refractivity contribution in [2.75, 3.05) is 24.5 Å². The lowest BCUT2D eigenvalue weighted by atomic mass is 9.85. The standard InChI is InChI=1S/C28H30Cl2N4/c1-4-33-24-9-11-34(12-10-24)27-25(19-5-7-21(8-6-19)28(2,3)18-31)16-32-17-26(27)20-13-22(29)15-23(30)14-20/h5-8,13-17,24,33H,4,9-12H2,1-3H3. The highest BCUT2D eigenvalue weighted by Gasteiger charge is 2.25. The molecule has 1 fully saturated rings. The number of nitrogens with one attached hydrogen (secondary N) is 1. The molecule has 1 aromatic heterocycles. The maximum Gasteiger partial charge on any atom is 0.0766 e. The Kier molecular flexibility index (Phi) is 7.48. The van der Waals surface area contributed by atoms with E-state index < -0.39 is 5.41 Å². The minimum atomic E-state index is -0.535. The first-order chi connectivity index (χ1) is 16.3. The fraction of sp³-hybridized carbons (Fsp3) is 0.357. The normalized spacial score (nSPS) is 14.8. The Morgan fingerprint density at radius 1 is 1.00 bits per heavy atom. The van der Waals surface area contributed by atoms with Crippen molar-refractivity contribution in [3.05, 3.63) is 70.5 Å². The zero-order chi connectivity index (χ0) is 24.3. The van der Waals surface area contributed by atoms with Gasteiger partial charge in [0, 0.05) is 52.7 Å². The highest BCUT2D eigenvalue weighted by atomic mass is 35.5. The Morgan fingerprint density at radius 3 is 2.15 bits per heavy atom. The second kappa shape index (κ2) is 10.4. The van der Waals surface area contributed by atoms with Gasteiger partial charge in [-0.05, 0) is 68.1 Å². The molecule has 1 aliphatic heterocycles. The van der Waals surface area contributed by atoms with E-state index in [1.807, 2.05) is 50.5 Å². The van der Waals surface area contributed by atoms with Gasteiger partial charge >= 0.3 is 0 Å². The first-order valence-electron chi connectivity index (χ1n) is 11.8. The van der Waals surface area contributed by atoms with Crippen molar-refractivity contribution in [3.63, 3.8) is 0 Å². The number of pyridine rings is 1. The van der Waals surface area contributed by atoms with Crippen LogP contribution in [-0.2, 0) is 5.41 Å². The number of aromatic nitrogens is 1. The van der Waals surface area contributed by atoms with Gasteiger partial charge in [-0.3, -0.25) is 4.98 Å². The zero-order valence-electron chi connectivity index (χ0n) is 19.9. The largest absolute Gasteiger partial charge is 0.370 e. The molecule has 0 aliphatic carbocycles. The zero-order valence-corrected chi connectivity index (χ0v) is 21.4. The molecule has 2 heterocycles. The molecule has 0 atom stereocenters. The van der Waals surface area contributed by atoms with Crippen LogP contribution in [0.25, 0.3) is 22.3 Å². The predicted octanol–water partition coefficient (Wildman–Crippen LogP) is 7.10. The van der Waals surface area contributed by atoms with E-state index >= 15 is 0 Å². The Hall–Kier alpha value is -2.58. The second-order valence-corrected chi connectivity index (χ2v) is 10.2. The number of halogens is 2. The van der Waals surface area contributed by atoms with E-state index in [1.54, 1.807) is 6.07 Å². The van der Waals surface area contributed by atoms with Crippen LogP contribution < -0.4 is 10.2 Å². The summed E-state index contributed by atoms with van der Waals surface area (Å²) in [6.45, 7) is 8.93. The van der Waals surface area contributed by atoms with Gasteiger partial charge in [0.05, 0.1) is 17.2 Å². The number of rotatable bonds is 6. The number of hydrogen-bond acceptors (Lipinski definition) is 4. The number of benzene rings is 2. The summed E-state index contributed by atoms with van der Waals surface area (Å²) < 4.78 is 0. The maximum atomic E-state index is 9.52. The van der Waals surface area contributed by atoms with E-state index in [4.69, 9.17) is 23.2 Å². The fourth-order valence-electron chi connectivity index (χ4n) is 4.65. The molecule has 34 heavy (non-hydrogen) atoms.